The van der Waals surface area contributed by atoms with Gasteiger partial charge in [-0.2, -0.15) is 5.10 Å². The van der Waals surface area contributed by atoms with Crippen LogP contribution >= 0.6 is 11.6 Å². The standard InChI is InChI=1S/C15H23ClN4O/c1-10-13-14(19(4)18-10)20(12(17-13)5-7-16)11-6-8-21-15(2,3)9-11/h11H,5-9H2,1-4H3. The second-order valence-electron chi connectivity index (χ2n) is 6.47. The molecule has 2 aromatic rings. The summed E-state index contributed by atoms with van der Waals surface area (Å²) in [5.41, 5.74) is 3.00. The third-order valence-corrected chi connectivity index (χ3v) is 4.45. The van der Waals surface area contributed by atoms with Crippen molar-refractivity contribution < 1.29 is 4.74 Å². The average molecular weight is 311 g/mol. The zero-order valence-electron chi connectivity index (χ0n) is 13.2. The van der Waals surface area contributed by atoms with Gasteiger partial charge in [-0.05, 0) is 33.6 Å². The normalized spacial score (nSPS) is 22.0. The van der Waals surface area contributed by atoms with E-state index >= 15 is 0 Å². The summed E-state index contributed by atoms with van der Waals surface area (Å²) in [7, 11) is 1.99. The molecule has 0 radical (unpaired) electrons. The lowest BCUT2D eigenvalue weighted by molar-refractivity contribution is -0.0689. The van der Waals surface area contributed by atoms with Gasteiger partial charge >= 0.3 is 0 Å². The number of rotatable bonds is 3. The first-order chi connectivity index (χ1) is 9.93. The van der Waals surface area contributed by atoms with Gasteiger partial charge in [-0.25, -0.2) is 4.98 Å². The van der Waals surface area contributed by atoms with Gasteiger partial charge in [0.05, 0.1) is 11.3 Å². The van der Waals surface area contributed by atoms with Gasteiger partial charge in [-0.15, -0.1) is 11.6 Å². The topological polar surface area (TPSA) is 44.9 Å². The number of aryl methyl sites for hydroxylation is 3. The van der Waals surface area contributed by atoms with E-state index in [9.17, 15) is 0 Å². The molecule has 0 saturated carbocycles. The molecule has 1 atom stereocenters. The largest absolute Gasteiger partial charge is 0.375 e. The van der Waals surface area contributed by atoms with Crippen LogP contribution < -0.4 is 0 Å². The van der Waals surface area contributed by atoms with Crippen LogP contribution in [-0.4, -0.2) is 37.4 Å². The van der Waals surface area contributed by atoms with Crippen molar-refractivity contribution >= 4 is 22.8 Å². The molecule has 1 aliphatic heterocycles. The third-order valence-electron chi connectivity index (χ3n) is 4.26. The fourth-order valence-electron chi connectivity index (χ4n) is 3.41. The Bertz CT molecular complexity index is 658. The highest BCUT2D eigenvalue weighted by atomic mass is 35.5. The minimum Gasteiger partial charge on any atom is -0.375 e. The molecule has 0 amide bonds. The summed E-state index contributed by atoms with van der Waals surface area (Å²) in [6.07, 6.45) is 2.78. The van der Waals surface area contributed by atoms with Gasteiger partial charge in [0, 0.05) is 32.0 Å². The summed E-state index contributed by atoms with van der Waals surface area (Å²) < 4.78 is 10.2. The summed E-state index contributed by atoms with van der Waals surface area (Å²) in [4.78, 5) is 4.80. The minimum absolute atomic E-state index is 0.0919. The van der Waals surface area contributed by atoms with Gasteiger partial charge in [0.2, 0.25) is 0 Å². The molecule has 21 heavy (non-hydrogen) atoms. The van der Waals surface area contributed by atoms with E-state index in [1.807, 2.05) is 18.7 Å². The number of halogens is 1. The lowest BCUT2D eigenvalue weighted by Crippen LogP contribution is -2.35. The predicted octanol–water partition coefficient (Wildman–Crippen LogP) is 2.99. The van der Waals surface area contributed by atoms with E-state index in [0.717, 1.165) is 48.6 Å². The zero-order chi connectivity index (χ0) is 15.2. The molecular weight excluding hydrogens is 288 g/mol. The van der Waals surface area contributed by atoms with Crippen LogP contribution in [0.1, 0.15) is 44.2 Å². The molecule has 0 N–H and O–H groups in total. The van der Waals surface area contributed by atoms with Crippen LogP contribution in [-0.2, 0) is 18.2 Å². The summed E-state index contributed by atoms with van der Waals surface area (Å²) in [6.45, 7) is 7.11. The molecule has 0 spiro atoms. The number of imidazole rings is 1. The Labute approximate surface area is 130 Å². The van der Waals surface area contributed by atoms with Crippen LogP contribution in [0.5, 0.6) is 0 Å². The maximum absolute atomic E-state index is 5.98. The lowest BCUT2D eigenvalue weighted by Gasteiger charge is -2.36. The van der Waals surface area contributed by atoms with Gasteiger partial charge in [0.15, 0.2) is 5.65 Å². The SMILES string of the molecule is Cc1nn(C)c2c1nc(CCCl)n2C1CCOC(C)(C)C1. The predicted molar refractivity (Wildman–Crippen MR) is 84.0 cm³/mol. The van der Waals surface area contributed by atoms with Crippen molar-refractivity contribution in [3.8, 4) is 0 Å². The molecule has 0 aliphatic carbocycles. The summed E-state index contributed by atoms with van der Waals surface area (Å²) in [6, 6.07) is 0.395. The van der Waals surface area contributed by atoms with Crippen molar-refractivity contribution in [1.29, 1.82) is 0 Å². The highest BCUT2D eigenvalue weighted by Crippen LogP contribution is 2.35. The second-order valence-corrected chi connectivity index (χ2v) is 6.85. The van der Waals surface area contributed by atoms with Crippen molar-refractivity contribution in [3.05, 3.63) is 11.5 Å². The fourth-order valence-corrected chi connectivity index (χ4v) is 3.57. The van der Waals surface area contributed by atoms with Crippen LogP contribution in [0.3, 0.4) is 0 Å². The van der Waals surface area contributed by atoms with Crippen LogP contribution in [0.2, 0.25) is 0 Å². The maximum Gasteiger partial charge on any atom is 0.158 e. The molecule has 0 bridgehead atoms. The number of aromatic nitrogens is 4. The number of alkyl halides is 1. The Morgan fingerprint density at radius 2 is 2.19 bits per heavy atom. The van der Waals surface area contributed by atoms with Crippen LogP contribution in [0.4, 0.5) is 0 Å². The van der Waals surface area contributed by atoms with Gasteiger partial charge in [-0.3, -0.25) is 4.68 Å². The molecular formula is C15H23ClN4O. The van der Waals surface area contributed by atoms with Crippen molar-refractivity contribution in [2.75, 3.05) is 12.5 Å². The molecule has 1 saturated heterocycles. The first-order valence-corrected chi connectivity index (χ1v) is 8.07. The Hall–Kier alpha value is -1.07. The molecule has 1 aliphatic rings. The van der Waals surface area contributed by atoms with E-state index < -0.39 is 0 Å². The monoisotopic (exact) mass is 310 g/mol. The summed E-state index contributed by atoms with van der Waals surface area (Å²) in [5, 5.41) is 4.51. The van der Waals surface area contributed by atoms with Crippen LogP contribution in [0.15, 0.2) is 0 Å². The number of fused-ring (bicyclic) bond motifs is 1. The Morgan fingerprint density at radius 1 is 1.43 bits per heavy atom. The number of ether oxygens (including phenoxy) is 1. The van der Waals surface area contributed by atoms with Gasteiger partial charge in [0.25, 0.3) is 0 Å². The van der Waals surface area contributed by atoms with E-state index in [0.29, 0.717) is 11.9 Å². The first kappa shape index (κ1) is 14.9. The Morgan fingerprint density at radius 3 is 2.86 bits per heavy atom. The van der Waals surface area contributed by atoms with Crippen molar-refractivity contribution in [2.24, 2.45) is 7.05 Å². The van der Waals surface area contributed by atoms with Gasteiger partial charge in [0.1, 0.15) is 11.3 Å². The van der Waals surface area contributed by atoms with E-state index in [-0.39, 0.29) is 5.60 Å². The second kappa shape index (κ2) is 5.29. The van der Waals surface area contributed by atoms with Crippen LogP contribution in [0.25, 0.3) is 11.2 Å². The first-order valence-electron chi connectivity index (χ1n) is 7.53. The van der Waals surface area contributed by atoms with E-state index in [1.54, 1.807) is 0 Å². The quantitative estimate of drug-likeness (QED) is 0.819. The molecule has 1 unspecified atom stereocenters. The van der Waals surface area contributed by atoms with E-state index in [4.69, 9.17) is 21.3 Å². The molecule has 3 rings (SSSR count). The molecule has 1 fully saturated rings. The lowest BCUT2D eigenvalue weighted by atomic mass is 9.93. The number of hydrogen-bond donors (Lipinski definition) is 0. The molecule has 2 aromatic heterocycles. The zero-order valence-corrected chi connectivity index (χ0v) is 13.9. The van der Waals surface area contributed by atoms with Gasteiger partial charge in [-0.1, -0.05) is 0 Å². The summed E-state index contributed by atoms with van der Waals surface area (Å²) in [5.74, 6) is 1.65. The average Bonchev–Trinajstić information content (AvgIpc) is 2.88. The van der Waals surface area contributed by atoms with Gasteiger partial charge < -0.3 is 9.30 Å². The summed E-state index contributed by atoms with van der Waals surface area (Å²) >= 11 is 5.98. The molecule has 3 heterocycles. The Kier molecular flexibility index (Phi) is 3.74. The minimum atomic E-state index is -0.0919. The van der Waals surface area contributed by atoms with Crippen molar-refractivity contribution in [2.45, 2.75) is 51.7 Å². The fraction of sp³-hybridized carbons (Fsp3) is 0.733. The number of hydrogen-bond acceptors (Lipinski definition) is 3. The molecule has 116 valence electrons. The molecule has 6 heteroatoms. The molecule has 0 aromatic carbocycles. The van der Waals surface area contributed by atoms with Crippen molar-refractivity contribution in [1.82, 2.24) is 19.3 Å². The van der Waals surface area contributed by atoms with Crippen LogP contribution in [0, 0.1) is 6.92 Å². The smallest absolute Gasteiger partial charge is 0.158 e. The van der Waals surface area contributed by atoms with Crippen molar-refractivity contribution in [3.63, 3.8) is 0 Å². The molecule has 5 nitrogen and oxygen atoms in total. The highest BCUT2D eigenvalue weighted by Gasteiger charge is 2.32. The Balaban J connectivity index is 2.12. The number of nitrogens with zero attached hydrogens (tertiary/aromatic N) is 4. The third kappa shape index (κ3) is 2.57. The highest BCUT2D eigenvalue weighted by molar-refractivity contribution is 6.17. The van der Waals surface area contributed by atoms with E-state index in [2.05, 4.69) is 23.5 Å². The maximum atomic E-state index is 5.98. The van der Waals surface area contributed by atoms with E-state index in [1.165, 1.54) is 0 Å².